The number of ether oxygens (including phenoxy) is 1. The molecule has 18 heavy (non-hydrogen) atoms. The summed E-state index contributed by atoms with van der Waals surface area (Å²) in [7, 11) is 0. The first kappa shape index (κ1) is 18.6. The maximum Gasteiger partial charge on any atom is 0.127 e. The van der Waals surface area contributed by atoms with Crippen LogP contribution in [0.5, 0.6) is 5.75 Å². The van der Waals surface area contributed by atoms with E-state index < -0.39 is 0 Å². The minimum atomic E-state index is 0.786. The molecular formula is C17H26O. The standard InChI is InChI=1S/C13H14O.2C2H6/c1-3-8-12(9-4-2)14-13-10-6-5-7-11-13;2*1-2/h3-11H,1H2,2H3;2*1-2H3/b9-4-,12-8+;;. The van der Waals surface area contributed by atoms with E-state index in [2.05, 4.69) is 6.58 Å². The van der Waals surface area contributed by atoms with E-state index in [1.807, 2.05) is 83.2 Å². The van der Waals surface area contributed by atoms with Gasteiger partial charge in [-0.05, 0) is 31.2 Å². The summed E-state index contributed by atoms with van der Waals surface area (Å²) in [5.41, 5.74) is 0. The largest absolute Gasteiger partial charge is 0.457 e. The van der Waals surface area contributed by atoms with Crippen molar-refractivity contribution >= 4 is 0 Å². The lowest BCUT2D eigenvalue weighted by Gasteiger charge is -2.04. The van der Waals surface area contributed by atoms with Crippen LogP contribution in [0, 0.1) is 0 Å². The summed E-state index contributed by atoms with van der Waals surface area (Å²) in [5.74, 6) is 1.62. The second-order valence-electron chi connectivity index (χ2n) is 2.72. The number of hydrogen-bond acceptors (Lipinski definition) is 1. The average Bonchev–Trinajstić information content (AvgIpc) is 2.45. The lowest BCUT2D eigenvalue weighted by Crippen LogP contribution is -1.90. The van der Waals surface area contributed by atoms with Gasteiger partial charge in [-0.15, -0.1) is 0 Å². The number of benzene rings is 1. The van der Waals surface area contributed by atoms with Gasteiger partial charge in [0.05, 0.1) is 0 Å². The zero-order chi connectivity index (χ0) is 14.2. The van der Waals surface area contributed by atoms with Crippen molar-refractivity contribution in [2.24, 2.45) is 0 Å². The fraction of sp³-hybridized carbons (Fsp3) is 0.294. The van der Waals surface area contributed by atoms with Crippen LogP contribution in [0.15, 0.2) is 67.0 Å². The van der Waals surface area contributed by atoms with Crippen LogP contribution in [-0.4, -0.2) is 0 Å². The molecule has 0 spiro atoms. The second kappa shape index (κ2) is 15.2. The predicted molar refractivity (Wildman–Crippen MR) is 82.9 cm³/mol. The van der Waals surface area contributed by atoms with Crippen LogP contribution < -0.4 is 4.74 Å². The van der Waals surface area contributed by atoms with Crippen molar-refractivity contribution in [1.29, 1.82) is 0 Å². The van der Waals surface area contributed by atoms with Crippen molar-refractivity contribution in [2.45, 2.75) is 34.6 Å². The van der Waals surface area contributed by atoms with E-state index in [9.17, 15) is 0 Å². The molecule has 1 aromatic carbocycles. The van der Waals surface area contributed by atoms with E-state index in [0.29, 0.717) is 0 Å². The summed E-state index contributed by atoms with van der Waals surface area (Å²) < 4.78 is 5.60. The van der Waals surface area contributed by atoms with Crippen molar-refractivity contribution in [1.82, 2.24) is 0 Å². The highest BCUT2D eigenvalue weighted by Gasteiger charge is 1.93. The Bertz CT molecular complexity index is 334. The SMILES string of the molecule is C=C/C=C(\C=C/C)Oc1ccccc1.CC.CC. The molecule has 0 fully saturated rings. The van der Waals surface area contributed by atoms with Crippen LogP contribution in [0.3, 0.4) is 0 Å². The predicted octanol–water partition coefficient (Wildman–Crippen LogP) is 5.76. The summed E-state index contributed by atoms with van der Waals surface area (Å²) >= 11 is 0. The molecule has 0 aliphatic heterocycles. The summed E-state index contributed by atoms with van der Waals surface area (Å²) in [4.78, 5) is 0. The molecule has 1 nitrogen and oxygen atoms in total. The summed E-state index contributed by atoms with van der Waals surface area (Å²) in [6.45, 7) is 13.6. The topological polar surface area (TPSA) is 9.23 Å². The highest BCUT2D eigenvalue weighted by Crippen LogP contribution is 2.13. The molecule has 0 saturated carbocycles. The number of hydrogen-bond donors (Lipinski definition) is 0. The van der Waals surface area contributed by atoms with E-state index in [1.54, 1.807) is 6.08 Å². The number of allylic oxidation sites excluding steroid dienone is 4. The summed E-state index contributed by atoms with van der Waals surface area (Å²) in [5, 5.41) is 0. The van der Waals surface area contributed by atoms with E-state index in [4.69, 9.17) is 4.74 Å². The third-order valence-corrected chi connectivity index (χ3v) is 1.59. The molecule has 0 aromatic heterocycles. The Balaban J connectivity index is 0. The molecule has 0 unspecified atom stereocenters. The van der Waals surface area contributed by atoms with Gasteiger partial charge < -0.3 is 4.74 Å². The summed E-state index contributed by atoms with van der Waals surface area (Å²) in [6, 6.07) is 9.67. The van der Waals surface area contributed by atoms with Crippen molar-refractivity contribution in [3.05, 3.63) is 67.0 Å². The Labute approximate surface area is 113 Å². The smallest absolute Gasteiger partial charge is 0.127 e. The van der Waals surface area contributed by atoms with Gasteiger partial charge in [0.2, 0.25) is 0 Å². The maximum absolute atomic E-state index is 5.60. The average molecular weight is 246 g/mol. The zero-order valence-corrected chi connectivity index (χ0v) is 12.3. The van der Waals surface area contributed by atoms with E-state index in [-0.39, 0.29) is 0 Å². The molecule has 0 amide bonds. The molecule has 0 aliphatic rings. The molecule has 1 heteroatoms. The Morgan fingerprint density at radius 3 is 2.06 bits per heavy atom. The van der Waals surface area contributed by atoms with Crippen molar-refractivity contribution in [3.8, 4) is 5.75 Å². The second-order valence-corrected chi connectivity index (χ2v) is 2.72. The molecule has 0 bridgehead atoms. The maximum atomic E-state index is 5.60. The van der Waals surface area contributed by atoms with Gasteiger partial charge in [-0.2, -0.15) is 0 Å². The Morgan fingerprint density at radius 2 is 1.61 bits per heavy atom. The highest BCUT2D eigenvalue weighted by molar-refractivity contribution is 5.27. The van der Waals surface area contributed by atoms with Gasteiger partial charge in [0, 0.05) is 0 Å². The van der Waals surface area contributed by atoms with Crippen molar-refractivity contribution < 1.29 is 4.74 Å². The van der Waals surface area contributed by atoms with Gasteiger partial charge in [0.25, 0.3) is 0 Å². The van der Waals surface area contributed by atoms with Gasteiger partial charge in [0.15, 0.2) is 0 Å². The van der Waals surface area contributed by atoms with Gasteiger partial charge >= 0.3 is 0 Å². The molecule has 0 aliphatic carbocycles. The molecular weight excluding hydrogens is 220 g/mol. The molecule has 0 N–H and O–H groups in total. The lowest BCUT2D eigenvalue weighted by molar-refractivity contribution is 0.444. The van der Waals surface area contributed by atoms with Crippen molar-refractivity contribution in [2.75, 3.05) is 0 Å². The lowest BCUT2D eigenvalue weighted by atomic mass is 10.3. The molecule has 0 saturated heterocycles. The van der Waals surface area contributed by atoms with E-state index >= 15 is 0 Å². The number of para-hydroxylation sites is 1. The quantitative estimate of drug-likeness (QED) is 0.484. The normalized spacial score (nSPS) is 9.72. The first-order valence-electron chi connectivity index (χ1n) is 6.55. The van der Waals surface area contributed by atoms with Gasteiger partial charge in [-0.25, -0.2) is 0 Å². The first-order valence-corrected chi connectivity index (χ1v) is 6.55. The third-order valence-electron chi connectivity index (χ3n) is 1.59. The Hall–Kier alpha value is -1.76. The molecule has 1 rings (SSSR count). The minimum Gasteiger partial charge on any atom is -0.457 e. The first-order chi connectivity index (χ1) is 8.86. The van der Waals surface area contributed by atoms with Crippen LogP contribution >= 0.6 is 0 Å². The fourth-order valence-electron chi connectivity index (χ4n) is 1.03. The van der Waals surface area contributed by atoms with Crippen molar-refractivity contribution in [3.63, 3.8) is 0 Å². The van der Waals surface area contributed by atoms with Crippen LogP contribution in [0.25, 0.3) is 0 Å². The minimum absolute atomic E-state index is 0.786. The fourth-order valence-corrected chi connectivity index (χ4v) is 1.03. The molecule has 0 atom stereocenters. The third kappa shape index (κ3) is 9.46. The van der Waals surface area contributed by atoms with Crippen LogP contribution in [0.1, 0.15) is 34.6 Å². The number of rotatable bonds is 4. The van der Waals surface area contributed by atoms with Gasteiger partial charge in [-0.3, -0.25) is 0 Å². The van der Waals surface area contributed by atoms with Crippen LogP contribution in [0.4, 0.5) is 0 Å². The van der Waals surface area contributed by atoms with E-state index in [0.717, 1.165) is 11.5 Å². The molecule has 0 heterocycles. The van der Waals surface area contributed by atoms with Crippen LogP contribution in [-0.2, 0) is 0 Å². The molecule has 1 aromatic rings. The highest BCUT2D eigenvalue weighted by atomic mass is 16.5. The Morgan fingerprint density at radius 1 is 1.06 bits per heavy atom. The van der Waals surface area contributed by atoms with Gasteiger partial charge in [-0.1, -0.05) is 64.6 Å². The molecule has 0 radical (unpaired) electrons. The monoisotopic (exact) mass is 246 g/mol. The molecule has 100 valence electrons. The zero-order valence-electron chi connectivity index (χ0n) is 12.3. The Kier molecular flexibility index (Phi) is 15.7. The van der Waals surface area contributed by atoms with Crippen LogP contribution in [0.2, 0.25) is 0 Å². The summed E-state index contributed by atoms with van der Waals surface area (Å²) in [6.07, 6.45) is 7.36. The van der Waals surface area contributed by atoms with E-state index in [1.165, 1.54) is 0 Å². The van der Waals surface area contributed by atoms with Gasteiger partial charge in [0.1, 0.15) is 11.5 Å².